The van der Waals surface area contributed by atoms with E-state index in [9.17, 15) is 4.79 Å². The fourth-order valence-corrected chi connectivity index (χ4v) is 4.56. The number of fused-ring (bicyclic) bond motifs is 1. The summed E-state index contributed by atoms with van der Waals surface area (Å²) in [6.07, 6.45) is 0. The molecule has 1 aliphatic heterocycles. The fraction of sp³-hybridized carbons (Fsp3) is 0.250. The van der Waals surface area contributed by atoms with E-state index < -0.39 is 0 Å². The average molecular weight is 446 g/mol. The number of hydrogen-bond acceptors (Lipinski definition) is 7. The van der Waals surface area contributed by atoms with Crippen molar-refractivity contribution < 1.29 is 9.53 Å². The monoisotopic (exact) mass is 445 g/mol. The van der Waals surface area contributed by atoms with Gasteiger partial charge >= 0.3 is 0 Å². The molecule has 4 aromatic rings. The molecule has 7 nitrogen and oxygen atoms in total. The molecule has 162 valence electrons. The number of piperazine rings is 1. The van der Waals surface area contributed by atoms with Crippen molar-refractivity contribution in [1.82, 2.24) is 20.1 Å². The molecular formula is C24H23N5O2S. The summed E-state index contributed by atoms with van der Waals surface area (Å²) < 4.78 is 6.53. The number of benzene rings is 2. The van der Waals surface area contributed by atoms with E-state index in [0.29, 0.717) is 19.7 Å². The number of anilines is 1. The van der Waals surface area contributed by atoms with Gasteiger partial charge in [-0.3, -0.25) is 4.79 Å². The topological polar surface area (TPSA) is 71.5 Å². The molecule has 1 aliphatic rings. The Morgan fingerprint density at radius 3 is 2.53 bits per heavy atom. The van der Waals surface area contributed by atoms with Crippen molar-refractivity contribution in [3.8, 4) is 17.0 Å². The molecule has 0 unspecified atom stereocenters. The summed E-state index contributed by atoms with van der Waals surface area (Å²) in [5.41, 5.74) is 5.28. The van der Waals surface area contributed by atoms with E-state index in [4.69, 9.17) is 4.74 Å². The molecule has 0 N–H and O–H groups in total. The number of carbonyl (C=O) groups is 1. The van der Waals surface area contributed by atoms with Crippen LogP contribution in [0.1, 0.15) is 17.3 Å². The lowest BCUT2D eigenvalue weighted by Gasteiger charge is -2.35. The SMILES string of the molecule is CCOc1ccc(-c2ccc(N3CCN(C(=O)c4ccc5ncsc5c4)CC3)nn2)cc1. The van der Waals surface area contributed by atoms with E-state index in [2.05, 4.69) is 20.1 Å². The molecule has 2 aromatic heterocycles. The Labute approximate surface area is 190 Å². The Kier molecular flexibility index (Phi) is 5.68. The van der Waals surface area contributed by atoms with Crippen LogP contribution < -0.4 is 9.64 Å². The van der Waals surface area contributed by atoms with Gasteiger partial charge in [-0.1, -0.05) is 0 Å². The molecule has 0 bridgehead atoms. The van der Waals surface area contributed by atoms with Crippen LogP contribution in [0.25, 0.3) is 21.5 Å². The number of hydrogen-bond donors (Lipinski definition) is 0. The minimum Gasteiger partial charge on any atom is -0.494 e. The quantitative estimate of drug-likeness (QED) is 0.460. The predicted octanol–water partition coefficient (Wildman–Crippen LogP) is 4.11. The number of rotatable bonds is 5. The molecule has 0 radical (unpaired) electrons. The first-order chi connectivity index (χ1) is 15.7. The van der Waals surface area contributed by atoms with Gasteiger partial charge in [0.1, 0.15) is 5.75 Å². The maximum absolute atomic E-state index is 12.9. The van der Waals surface area contributed by atoms with Crippen LogP contribution in [-0.2, 0) is 0 Å². The summed E-state index contributed by atoms with van der Waals surface area (Å²) in [6, 6.07) is 17.6. The first-order valence-electron chi connectivity index (χ1n) is 10.7. The fourth-order valence-electron chi connectivity index (χ4n) is 3.85. The van der Waals surface area contributed by atoms with Crippen molar-refractivity contribution >= 4 is 33.3 Å². The minimum absolute atomic E-state index is 0.0666. The number of ether oxygens (including phenoxy) is 1. The Morgan fingerprint density at radius 1 is 1.00 bits per heavy atom. The third-order valence-electron chi connectivity index (χ3n) is 5.58. The van der Waals surface area contributed by atoms with Crippen molar-refractivity contribution in [3.05, 3.63) is 65.7 Å². The molecule has 2 aromatic carbocycles. The van der Waals surface area contributed by atoms with E-state index in [0.717, 1.165) is 51.7 Å². The maximum Gasteiger partial charge on any atom is 0.254 e. The zero-order chi connectivity index (χ0) is 21.9. The van der Waals surface area contributed by atoms with E-state index in [-0.39, 0.29) is 5.91 Å². The van der Waals surface area contributed by atoms with Gasteiger partial charge in [0.05, 0.1) is 28.0 Å². The first-order valence-corrected chi connectivity index (χ1v) is 11.5. The second-order valence-electron chi connectivity index (χ2n) is 7.55. The molecule has 0 saturated carbocycles. The summed E-state index contributed by atoms with van der Waals surface area (Å²) in [5.74, 6) is 1.75. The zero-order valence-corrected chi connectivity index (χ0v) is 18.6. The van der Waals surface area contributed by atoms with Crippen molar-refractivity contribution in [1.29, 1.82) is 0 Å². The highest BCUT2D eigenvalue weighted by Crippen LogP contribution is 2.23. The van der Waals surface area contributed by atoms with E-state index in [1.807, 2.05) is 66.4 Å². The molecule has 32 heavy (non-hydrogen) atoms. The van der Waals surface area contributed by atoms with Gasteiger partial charge in [-0.25, -0.2) is 4.98 Å². The molecule has 1 amide bonds. The van der Waals surface area contributed by atoms with Gasteiger partial charge in [0.15, 0.2) is 5.82 Å². The highest BCUT2D eigenvalue weighted by atomic mass is 32.1. The smallest absolute Gasteiger partial charge is 0.254 e. The summed E-state index contributed by atoms with van der Waals surface area (Å²) in [7, 11) is 0. The van der Waals surface area contributed by atoms with Gasteiger partial charge in [-0.2, -0.15) is 0 Å². The molecule has 3 heterocycles. The molecule has 1 fully saturated rings. The highest BCUT2D eigenvalue weighted by Gasteiger charge is 2.23. The Balaban J connectivity index is 1.21. The summed E-state index contributed by atoms with van der Waals surface area (Å²) >= 11 is 1.55. The van der Waals surface area contributed by atoms with Crippen LogP contribution in [0.15, 0.2) is 60.1 Å². The van der Waals surface area contributed by atoms with E-state index in [1.165, 1.54) is 0 Å². The van der Waals surface area contributed by atoms with Gasteiger partial charge in [-0.05, 0) is 61.5 Å². The van der Waals surface area contributed by atoms with E-state index in [1.54, 1.807) is 16.8 Å². The van der Waals surface area contributed by atoms with Gasteiger partial charge in [0.25, 0.3) is 5.91 Å². The summed E-state index contributed by atoms with van der Waals surface area (Å²) in [6.45, 7) is 5.38. The van der Waals surface area contributed by atoms with Crippen molar-refractivity contribution in [2.75, 3.05) is 37.7 Å². The van der Waals surface area contributed by atoms with Crippen LogP contribution in [0.2, 0.25) is 0 Å². The number of thiazole rings is 1. The number of aromatic nitrogens is 3. The van der Waals surface area contributed by atoms with Crippen molar-refractivity contribution in [3.63, 3.8) is 0 Å². The lowest BCUT2D eigenvalue weighted by molar-refractivity contribution is 0.0746. The lowest BCUT2D eigenvalue weighted by Crippen LogP contribution is -2.49. The molecule has 5 rings (SSSR count). The molecule has 0 atom stereocenters. The number of amides is 1. The normalized spacial score (nSPS) is 14.0. The Hall–Kier alpha value is -3.52. The van der Waals surface area contributed by atoms with Crippen LogP contribution >= 0.6 is 11.3 Å². The van der Waals surface area contributed by atoms with Crippen LogP contribution in [0.3, 0.4) is 0 Å². The van der Waals surface area contributed by atoms with Crippen LogP contribution in [0, 0.1) is 0 Å². The second kappa shape index (κ2) is 8.92. The summed E-state index contributed by atoms with van der Waals surface area (Å²) in [5, 5.41) is 8.84. The summed E-state index contributed by atoms with van der Waals surface area (Å²) in [4.78, 5) is 21.3. The number of nitrogens with zero attached hydrogens (tertiary/aromatic N) is 5. The lowest BCUT2D eigenvalue weighted by atomic mass is 10.1. The standard InChI is InChI=1S/C24H23N5O2S/c1-2-31-19-6-3-17(4-7-19)20-9-10-23(27-26-20)28-11-13-29(14-12-28)24(30)18-5-8-21-22(15-18)32-16-25-21/h3-10,15-16H,2,11-14H2,1H3. The van der Waals surface area contributed by atoms with E-state index >= 15 is 0 Å². The first kappa shape index (κ1) is 20.4. The Morgan fingerprint density at radius 2 is 1.81 bits per heavy atom. The number of carbonyl (C=O) groups excluding carboxylic acids is 1. The maximum atomic E-state index is 12.9. The molecule has 0 aliphatic carbocycles. The van der Waals surface area contributed by atoms with Crippen LogP contribution in [0.5, 0.6) is 5.75 Å². The van der Waals surface area contributed by atoms with Crippen molar-refractivity contribution in [2.24, 2.45) is 0 Å². The second-order valence-corrected chi connectivity index (χ2v) is 8.43. The van der Waals surface area contributed by atoms with Gasteiger partial charge < -0.3 is 14.5 Å². The van der Waals surface area contributed by atoms with Crippen LogP contribution in [0.4, 0.5) is 5.82 Å². The van der Waals surface area contributed by atoms with Crippen molar-refractivity contribution in [2.45, 2.75) is 6.92 Å². The molecule has 0 spiro atoms. The van der Waals surface area contributed by atoms with Gasteiger partial charge in [-0.15, -0.1) is 21.5 Å². The van der Waals surface area contributed by atoms with Crippen LogP contribution in [-0.4, -0.2) is 58.8 Å². The third kappa shape index (κ3) is 4.13. The third-order valence-corrected chi connectivity index (χ3v) is 6.37. The Bertz CT molecular complexity index is 1220. The predicted molar refractivity (Wildman–Crippen MR) is 126 cm³/mol. The molecular weight excluding hydrogens is 422 g/mol. The van der Waals surface area contributed by atoms with Gasteiger partial charge in [0, 0.05) is 37.3 Å². The van der Waals surface area contributed by atoms with Gasteiger partial charge in [0.2, 0.25) is 0 Å². The largest absolute Gasteiger partial charge is 0.494 e. The molecule has 8 heteroatoms. The minimum atomic E-state index is 0.0666. The molecule has 1 saturated heterocycles. The average Bonchev–Trinajstić information content (AvgIpc) is 3.33. The zero-order valence-electron chi connectivity index (χ0n) is 17.8. The highest BCUT2D eigenvalue weighted by molar-refractivity contribution is 7.16.